The molecule has 152 valence electrons. The molecular weight excluding hydrogens is 402 g/mol. The maximum Gasteiger partial charge on any atom is 0.264 e. The molecule has 2 amide bonds. The summed E-state index contributed by atoms with van der Waals surface area (Å²) in [7, 11) is 0. The van der Waals surface area contributed by atoms with E-state index in [4.69, 9.17) is 9.15 Å². The highest BCUT2D eigenvalue weighted by molar-refractivity contribution is 7.14. The number of nitrogens with one attached hydrogen (secondary N) is 2. The molecule has 8 heteroatoms. The highest BCUT2D eigenvalue weighted by Gasteiger charge is 2.12. The zero-order valence-corrected chi connectivity index (χ0v) is 17.0. The predicted molar refractivity (Wildman–Crippen MR) is 115 cm³/mol. The van der Waals surface area contributed by atoms with Crippen molar-refractivity contribution in [2.75, 3.05) is 11.9 Å². The second-order valence-corrected chi connectivity index (χ2v) is 7.42. The van der Waals surface area contributed by atoms with Crippen molar-refractivity contribution < 1.29 is 18.7 Å². The van der Waals surface area contributed by atoms with Crippen LogP contribution in [0, 0.1) is 0 Å². The molecule has 4 aromatic rings. The summed E-state index contributed by atoms with van der Waals surface area (Å²) < 4.78 is 11.3. The van der Waals surface area contributed by atoms with Crippen LogP contribution in [0.3, 0.4) is 0 Å². The van der Waals surface area contributed by atoms with Gasteiger partial charge in [0.25, 0.3) is 5.91 Å². The fourth-order valence-electron chi connectivity index (χ4n) is 2.83. The minimum atomic E-state index is -0.296. The number of hydrogen-bond donors (Lipinski definition) is 2. The molecule has 0 bridgehead atoms. The average Bonchev–Trinajstić information content (AvgIpc) is 3.40. The third kappa shape index (κ3) is 4.84. The molecule has 2 aromatic carbocycles. The molecule has 0 saturated heterocycles. The first kappa shape index (κ1) is 19.7. The van der Waals surface area contributed by atoms with E-state index >= 15 is 0 Å². The van der Waals surface area contributed by atoms with Crippen molar-refractivity contribution in [1.29, 1.82) is 0 Å². The fourth-order valence-corrected chi connectivity index (χ4v) is 3.54. The number of carbonyl (C=O) groups excluding carboxylic acids is 2. The molecular formula is C22H19N3O4S. The van der Waals surface area contributed by atoms with Crippen molar-refractivity contribution in [2.45, 2.75) is 13.5 Å². The molecule has 2 heterocycles. The lowest BCUT2D eigenvalue weighted by molar-refractivity contribution is -0.119. The first-order valence-electron chi connectivity index (χ1n) is 9.27. The zero-order valence-electron chi connectivity index (χ0n) is 16.2. The first-order valence-corrected chi connectivity index (χ1v) is 10.2. The largest absolute Gasteiger partial charge is 0.484 e. The van der Waals surface area contributed by atoms with Crippen LogP contribution in [-0.4, -0.2) is 23.4 Å². The number of amides is 2. The SMILES string of the molecule is CC(=O)NCc1ccc(-c2csc(NC(=O)COc3ccc4ccccc4c3)n2)o1. The summed E-state index contributed by atoms with van der Waals surface area (Å²) in [6, 6.07) is 17.2. The van der Waals surface area contributed by atoms with Gasteiger partial charge in [0.2, 0.25) is 5.91 Å². The van der Waals surface area contributed by atoms with Crippen LogP contribution in [0.5, 0.6) is 5.75 Å². The minimum absolute atomic E-state index is 0.116. The standard InChI is InChI=1S/C22H19N3O4S/c1-14(26)23-11-18-8-9-20(29-18)19-13-30-22(24-19)25-21(27)12-28-17-7-6-15-4-2-3-5-16(15)10-17/h2-10,13H,11-12H2,1H3,(H,23,26)(H,24,25,27). The Morgan fingerprint density at radius 1 is 1.10 bits per heavy atom. The summed E-state index contributed by atoms with van der Waals surface area (Å²) in [5, 5.41) is 9.82. The van der Waals surface area contributed by atoms with Gasteiger partial charge >= 0.3 is 0 Å². The predicted octanol–water partition coefficient (Wildman–Crippen LogP) is 4.21. The topological polar surface area (TPSA) is 93.5 Å². The van der Waals surface area contributed by atoms with Gasteiger partial charge in [0.1, 0.15) is 17.2 Å². The summed E-state index contributed by atoms with van der Waals surface area (Å²) in [5.74, 6) is 1.40. The van der Waals surface area contributed by atoms with Gasteiger partial charge in [-0.25, -0.2) is 4.98 Å². The second-order valence-electron chi connectivity index (χ2n) is 6.56. The number of anilines is 1. The van der Waals surface area contributed by atoms with Crippen molar-refractivity contribution >= 4 is 39.1 Å². The Balaban J connectivity index is 1.32. The van der Waals surface area contributed by atoms with Crippen LogP contribution in [0.4, 0.5) is 5.13 Å². The molecule has 0 aliphatic rings. The molecule has 0 atom stereocenters. The summed E-state index contributed by atoms with van der Waals surface area (Å²) in [4.78, 5) is 27.6. The van der Waals surface area contributed by atoms with Gasteiger partial charge in [0.05, 0.1) is 6.54 Å². The van der Waals surface area contributed by atoms with E-state index in [0.29, 0.717) is 34.6 Å². The fraction of sp³-hybridized carbons (Fsp3) is 0.136. The molecule has 0 aliphatic carbocycles. The van der Waals surface area contributed by atoms with Crippen LogP contribution in [0.25, 0.3) is 22.2 Å². The third-order valence-corrected chi connectivity index (χ3v) is 5.02. The van der Waals surface area contributed by atoms with Gasteiger partial charge in [-0.15, -0.1) is 11.3 Å². The highest BCUT2D eigenvalue weighted by atomic mass is 32.1. The summed E-state index contributed by atoms with van der Waals surface area (Å²) in [6.45, 7) is 1.65. The number of furan rings is 1. The summed E-state index contributed by atoms with van der Waals surface area (Å²) in [6.07, 6.45) is 0. The lowest BCUT2D eigenvalue weighted by Crippen LogP contribution is -2.20. The van der Waals surface area contributed by atoms with E-state index in [1.165, 1.54) is 18.3 Å². The van der Waals surface area contributed by atoms with Crippen molar-refractivity contribution in [3.63, 3.8) is 0 Å². The van der Waals surface area contributed by atoms with E-state index in [9.17, 15) is 9.59 Å². The lowest BCUT2D eigenvalue weighted by Gasteiger charge is -2.07. The van der Waals surface area contributed by atoms with Gasteiger partial charge in [-0.1, -0.05) is 30.3 Å². The Bertz CT molecular complexity index is 1200. The van der Waals surface area contributed by atoms with E-state index in [2.05, 4.69) is 15.6 Å². The van der Waals surface area contributed by atoms with E-state index in [0.717, 1.165) is 10.8 Å². The number of benzene rings is 2. The van der Waals surface area contributed by atoms with Crippen LogP contribution in [0.1, 0.15) is 12.7 Å². The van der Waals surface area contributed by atoms with Crippen LogP contribution < -0.4 is 15.4 Å². The Labute approximate surface area is 176 Å². The van der Waals surface area contributed by atoms with Crippen LogP contribution in [-0.2, 0) is 16.1 Å². The molecule has 4 rings (SSSR count). The first-order chi connectivity index (χ1) is 14.6. The number of hydrogen-bond acceptors (Lipinski definition) is 6. The van der Waals surface area contributed by atoms with Gasteiger partial charge in [-0.2, -0.15) is 0 Å². The zero-order chi connectivity index (χ0) is 20.9. The summed E-state index contributed by atoms with van der Waals surface area (Å²) in [5.41, 5.74) is 0.611. The summed E-state index contributed by atoms with van der Waals surface area (Å²) >= 11 is 1.30. The second kappa shape index (κ2) is 8.79. The molecule has 0 spiro atoms. The van der Waals surface area contributed by atoms with Crippen LogP contribution in [0.15, 0.2) is 64.4 Å². The Morgan fingerprint density at radius 2 is 1.93 bits per heavy atom. The van der Waals surface area contributed by atoms with E-state index in [1.54, 1.807) is 17.5 Å². The number of carbonyl (C=O) groups is 2. The van der Waals surface area contributed by atoms with Gasteiger partial charge < -0.3 is 14.5 Å². The van der Waals surface area contributed by atoms with Crippen molar-refractivity contribution in [3.8, 4) is 17.2 Å². The molecule has 0 radical (unpaired) electrons. The Kier molecular flexibility index (Phi) is 5.76. The molecule has 2 aromatic heterocycles. The number of thiazole rings is 1. The van der Waals surface area contributed by atoms with Gasteiger partial charge in [0.15, 0.2) is 17.5 Å². The number of nitrogens with zero attached hydrogens (tertiary/aromatic N) is 1. The quantitative estimate of drug-likeness (QED) is 0.466. The third-order valence-electron chi connectivity index (χ3n) is 4.27. The molecule has 7 nitrogen and oxygen atoms in total. The van der Waals surface area contributed by atoms with Crippen molar-refractivity contribution in [1.82, 2.24) is 10.3 Å². The molecule has 0 aliphatic heterocycles. The lowest BCUT2D eigenvalue weighted by atomic mass is 10.1. The van der Waals surface area contributed by atoms with Crippen molar-refractivity contribution in [2.24, 2.45) is 0 Å². The maximum absolute atomic E-state index is 12.2. The highest BCUT2D eigenvalue weighted by Crippen LogP contribution is 2.27. The number of fused-ring (bicyclic) bond motifs is 1. The average molecular weight is 421 g/mol. The monoisotopic (exact) mass is 421 g/mol. The number of ether oxygens (including phenoxy) is 1. The van der Waals surface area contributed by atoms with Gasteiger partial charge in [0, 0.05) is 12.3 Å². The molecule has 0 fully saturated rings. The molecule has 0 saturated carbocycles. The van der Waals surface area contributed by atoms with Gasteiger partial charge in [-0.05, 0) is 35.0 Å². The number of rotatable bonds is 7. The molecule has 30 heavy (non-hydrogen) atoms. The van der Waals surface area contributed by atoms with E-state index in [1.807, 2.05) is 42.5 Å². The molecule has 2 N–H and O–H groups in total. The Morgan fingerprint density at radius 3 is 2.77 bits per heavy atom. The van der Waals surface area contributed by atoms with E-state index < -0.39 is 0 Å². The van der Waals surface area contributed by atoms with Crippen LogP contribution >= 0.6 is 11.3 Å². The normalized spacial score (nSPS) is 10.7. The van der Waals surface area contributed by atoms with E-state index in [-0.39, 0.29) is 18.4 Å². The maximum atomic E-state index is 12.2. The van der Waals surface area contributed by atoms with Gasteiger partial charge in [-0.3, -0.25) is 14.9 Å². The van der Waals surface area contributed by atoms with Crippen molar-refractivity contribution in [3.05, 3.63) is 65.7 Å². The van der Waals surface area contributed by atoms with Crippen LogP contribution in [0.2, 0.25) is 0 Å². The molecule has 0 unspecified atom stereocenters. The minimum Gasteiger partial charge on any atom is -0.484 e. The Hall–Kier alpha value is -3.65. The number of aromatic nitrogens is 1. The smallest absolute Gasteiger partial charge is 0.264 e.